The van der Waals surface area contributed by atoms with Crippen molar-refractivity contribution in [3.05, 3.63) is 68.5 Å². The van der Waals surface area contributed by atoms with E-state index in [2.05, 4.69) is 5.32 Å². The van der Waals surface area contributed by atoms with E-state index in [-0.39, 0.29) is 34.4 Å². The molecule has 1 amide bonds. The number of anilines is 1. The van der Waals surface area contributed by atoms with Gasteiger partial charge >= 0.3 is 0 Å². The minimum absolute atomic E-state index is 0.0106. The van der Waals surface area contributed by atoms with E-state index in [1.54, 1.807) is 6.07 Å². The number of nitro benzene ring substituents is 1. The molecule has 0 aliphatic heterocycles. The molecule has 0 radical (unpaired) electrons. The number of nitro groups is 1. The monoisotopic (exact) mass is 421 g/mol. The normalized spacial score (nSPS) is 13.2. The number of nitrogens with zero attached hydrogens (tertiary/aromatic N) is 2. The Bertz CT molecular complexity index is 900. The Morgan fingerprint density at radius 3 is 2.76 bits per heavy atom. The van der Waals surface area contributed by atoms with Gasteiger partial charge in [-0.15, -0.1) is 0 Å². The van der Waals surface area contributed by atoms with Crippen LogP contribution < -0.4 is 5.32 Å². The first-order valence-corrected chi connectivity index (χ1v) is 9.55. The van der Waals surface area contributed by atoms with E-state index in [1.807, 2.05) is 0 Å². The van der Waals surface area contributed by atoms with Gasteiger partial charge in [0.2, 0.25) is 0 Å². The summed E-state index contributed by atoms with van der Waals surface area (Å²) < 4.78 is 19.1. The predicted molar refractivity (Wildman–Crippen MR) is 108 cm³/mol. The molecule has 0 heterocycles. The summed E-state index contributed by atoms with van der Waals surface area (Å²) in [6.45, 7) is 0.790. The molecule has 0 atom stereocenters. The molecule has 1 aliphatic carbocycles. The first-order chi connectivity index (χ1) is 13.9. The molecule has 0 unspecified atom stereocenters. The molecule has 0 saturated heterocycles. The highest BCUT2D eigenvalue weighted by atomic mass is 35.5. The molecule has 0 spiro atoms. The lowest BCUT2D eigenvalue weighted by Crippen LogP contribution is -2.33. The molecule has 29 heavy (non-hydrogen) atoms. The van der Waals surface area contributed by atoms with Gasteiger partial charge in [0.1, 0.15) is 11.5 Å². The van der Waals surface area contributed by atoms with Crippen molar-refractivity contribution in [2.45, 2.75) is 25.4 Å². The first kappa shape index (κ1) is 21.0. The van der Waals surface area contributed by atoms with Crippen molar-refractivity contribution >= 4 is 28.9 Å². The van der Waals surface area contributed by atoms with Gasteiger partial charge in [0.15, 0.2) is 0 Å². The van der Waals surface area contributed by atoms with Crippen LogP contribution >= 0.6 is 11.6 Å². The number of hydrogen-bond acceptors (Lipinski definition) is 5. The highest BCUT2D eigenvalue weighted by molar-refractivity contribution is 6.31. The summed E-state index contributed by atoms with van der Waals surface area (Å²) in [5, 5.41) is 14.6. The SMILES string of the molecule is COCCNc1ccc(C(=O)N(Cc2c(F)cccc2Cl)C2CC2)cc1[N+](=O)[O-]. The summed E-state index contributed by atoms with van der Waals surface area (Å²) in [4.78, 5) is 25.6. The van der Waals surface area contributed by atoms with Crippen molar-refractivity contribution in [3.63, 3.8) is 0 Å². The third kappa shape index (κ3) is 5.02. The minimum Gasteiger partial charge on any atom is -0.383 e. The van der Waals surface area contributed by atoms with Crippen LogP contribution in [-0.2, 0) is 11.3 Å². The zero-order valence-corrected chi connectivity index (χ0v) is 16.6. The molecule has 1 fully saturated rings. The lowest BCUT2D eigenvalue weighted by atomic mass is 10.1. The van der Waals surface area contributed by atoms with Crippen molar-refractivity contribution in [2.24, 2.45) is 0 Å². The Labute approximate surface area is 172 Å². The number of halogens is 2. The summed E-state index contributed by atoms with van der Waals surface area (Å²) in [6.07, 6.45) is 1.60. The van der Waals surface area contributed by atoms with E-state index in [9.17, 15) is 19.3 Å². The molecule has 0 bridgehead atoms. The fourth-order valence-corrected chi connectivity index (χ4v) is 3.25. The van der Waals surface area contributed by atoms with Gasteiger partial charge in [0, 0.05) is 41.9 Å². The van der Waals surface area contributed by atoms with Crippen molar-refractivity contribution in [2.75, 3.05) is 25.6 Å². The number of hydrogen-bond donors (Lipinski definition) is 1. The van der Waals surface area contributed by atoms with Crippen LogP contribution in [-0.4, -0.2) is 42.0 Å². The minimum atomic E-state index is -0.541. The van der Waals surface area contributed by atoms with Crippen molar-refractivity contribution < 1.29 is 18.8 Å². The van der Waals surface area contributed by atoms with Crippen molar-refractivity contribution in [1.29, 1.82) is 0 Å². The molecule has 1 aliphatic rings. The van der Waals surface area contributed by atoms with E-state index in [0.717, 1.165) is 12.8 Å². The Morgan fingerprint density at radius 1 is 1.38 bits per heavy atom. The first-order valence-electron chi connectivity index (χ1n) is 9.17. The van der Waals surface area contributed by atoms with Crippen LogP contribution in [0.15, 0.2) is 36.4 Å². The highest BCUT2D eigenvalue weighted by Gasteiger charge is 2.34. The van der Waals surface area contributed by atoms with Gasteiger partial charge in [-0.3, -0.25) is 14.9 Å². The molecule has 7 nitrogen and oxygen atoms in total. The number of carbonyl (C=O) groups is 1. The average Bonchev–Trinajstić information content (AvgIpc) is 3.52. The Morgan fingerprint density at radius 2 is 2.14 bits per heavy atom. The lowest BCUT2D eigenvalue weighted by molar-refractivity contribution is -0.384. The van der Waals surface area contributed by atoms with Crippen LogP contribution in [0.5, 0.6) is 0 Å². The Hall–Kier alpha value is -2.71. The van der Waals surface area contributed by atoms with Crippen LogP contribution in [0.1, 0.15) is 28.8 Å². The molecule has 9 heteroatoms. The number of rotatable bonds is 9. The number of nitrogens with one attached hydrogen (secondary N) is 1. The second kappa shape index (κ2) is 9.19. The van der Waals surface area contributed by atoms with Gasteiger partial charge in [0.05, 0.1) is 18.1 Å². The van der Waals surface area contributed by atoms with E-state index in [1.165, 1.54) is 42.3 Å². The maximum Gasteiger partial charge on any atom is 0.293 e. The number of benzene rings is 2. The fourth-order valence-electron chi connectivity index (χ4n) is 3.03. The van der Waals surface area contributed by atoms with E-state index < -0.39 is 16.6 Å². The zero-order valence-electron chi connectivity index (χ0n) is 15.9. The molecule has 2 aromatic rings. The fraction of sp³-hybridized carbons (Fsp3) is 0.350. The highest BCUT2D eigenvalue weighted by Crippen LogP contribution is 2.33. The standard InChI is InChI=1S/C20H21ClFN3O4/c1-29-10-9-23-18-8-5-13(11-19(18)25(27)28)20(26)24(14-6-7-14)12-15-16(21)3-2-4-17(15)22/h2-5,8,11,14,23H,6-7,9-10,12H2,1H3. The smallest absolute Gasteiger partial charge is 0.293 e. The summed E-state index contributed by atoms with van der Waals surface area (Å²) in [6, 6.07) is 8.61. The zero-order chi connectivity index (χ0) is 21.0. The molecular weight excluding hydrogens is 401 g/mol. The van der Waals surface area contributed by atoms with Gasteiger partial charge in [-0.2, -0.15) is 0 Å². The Balaban J connectivity index is 1.86. The Kier molecular flexibility index (Phi) is 6.66. The van der Waals surface area contributed by atoms with E-state index in [4.69, 9.17) is 16.3 Å². The number of amides is 1. The summed E-state index contributed by atoms with van der Waals surface area (Å²) in [5.41, 5.74) is 0.514. The van der Waals surface area contributed by atoms with Crippen LogP contribution in [0.25, 0.3) is 0 Å². The van der Waals surface area contributed by atoms with Crippen molar-refractivity contribution in [3.8, 4) is 0 Å². The molecular formula is C20H21ClFN3O4. The number of carbonyl (C=O) groups excluding carboxylic acids is 1. The molecule has 2 aromatic carbocycles. The lowest BCUT2D eigenvalue weighted by Gasteiger charge is -2.23. The van der Waals surface area contributed by atoms with Crippen LogP contribution in [0.3, 0.4) is 0 Å². The number of methoxy groups -OCH3 is 1. The van der Waals surface area contributed by atoms with Gasteiger partial charge in [-0.25, -0.2) is 4.39 Å². The largest absolute Gasteiger partial charge is 0.383 e. The third-order valence-electron chi connectivity index (χ3n) is 4.70. The molecule has 3 rings (SSSR count). The second-order valence-electron chi connectivity index (χ2n) is 6.77. The predicted octanol–water partition coefficient (Wildman–Crippen LogP) is 4.25. The molecule has 154 valence electrons. The van der Waals surface area contributed by atoms with Crippen molar-refractivity contribution in [1.82, 2.24) is 4.90 Å². The van der Waals surface area contributed by atoms with Gasteiger partial charge in [0.25, 0.3) is 11.6 Å². The summed E-state index contributed by atoms with van der Waals surface area (Å²) in [5.74, 6) is -0.877. The van der Waals surface area contributed by atoms with E-state index in [0.29, 0.717) is 18.8 Å². The van der Waals surface area contributed by atoms with Gasteiger partial charge < -0.3 is 15.0 Å². The topological polar surface area (TPSA) is 84.7 Å². The molecule has 1 N–H and O–H groups in total. The van der Waals surface area contributed by atoms with Gasteiger partial charge in [-0.05, 0) is 37.1 Å². The molecule has 0 aromatic heterocycles. The van der Waals surface area contributed by atoms with E-state index >= 15 is 0 Å². The second-order valence-corrected chi connectivity index (χ2v) is 7.18. The van der Waals surface area contributed by atoms with Crippen LogP contribution in [0.4, 0.5) is 15.8 Å². The van der Waals surface area contributed by atoms with Crippen LogP contribution in [0, 0.1) is 15.9 Å². The maximum atomic E-state index is 14.2. The number of ether oxygens (including phenoxy) is 1. The summed E-state index contributed by atoms with van der Waals surface area (Å²) in [7, 11) is 1.53. The van der Waals surface area contributed by atoms with Gasteiger partial charge in [-0.1, -0.05) is 17.7 Å². The quantitative estimate of drug-likeness (QED) is 0.371. The summed E-state index contributed by atoms with van der Waals surface area (Å²) >= 11 is 6.11. The average molecular weight is 422 g/mol. The maximum absolute atomic E-state index is 14.2. The van der Waals surface area contributed by atoms with Crippen LogP contribution in [0.2, 0.25) is 5.02 Å². The third-order valence-corrected chi connectivity index (χ3v) is 5.06. The molecule has 1 saturated carbocycles.